The predicted molar refractivity (Wildman–Crippen MR) is 130 cm³/mol. The maximum Gasteiger partial charge on any atom is 0.276 e. The van der Waals surface area contributed by atoms with Crippen LogP contribution in [0.1, 0.15) is 23.9 Å². The monoisotopic (exact) mass is 471 g/mol. The van der Waals surface area contributed by atoms with Crippen molar-refractivity contribution in [2.75, 3.05) is 16.5 Å². The van der Waals surface area contributed by atoms with E-state index in [4.69, 9.17) is 16.1 Å². The van der Waals surface area contributed by atoms with E-state index >= 15 is 0 Å². The molecule has 0 spiro atoms. The second kappa shape index (κ2) is 8.99. The van der Waals surface area contributed by atoms with E-state index in [1.807, 2.05) is 18.2 Å². The number of rotatable bonds is 5. The number of hydrogen-bond donors (Lipinski definition) is 2. The van der Waals surface area contributed by atoms with Crippen LogP contribution in [-0.2, 0) is 11.2 Å². The van der Waals surface area contributed by atoms with Crippen LogP contribution in [0.15, 0.2) is 71.5 Å². The Labute approximate surface area is 200 Å². The van der Waals surface area contributed by atoms with Crippen LogP contribution in [0.5, 0.6) is 0 Å². The van der Waals surface area contributed by atoms with E-state index in [1.165, 1.54) is 12.1 Å². The van der Waals surface area contributed by atoms with Gasteiger partial charge in [0.15, 0.2) is 0 Å². The van der Waals surface area contributed by atoms with Crippen molar-refractivity contribution in [3.05, 3.63) is 89.8 Å². The third-order valence-electron chi connectivity index (χ3n) is 5.83. The molecule has 176 valence electrons. The van der Waals surface area contributed by atoms with Crippen LogP contribution < -0.4 is 21.5 Å². The Morgan fingerprint density at radius 2 is 1.91 bits per heavy atom. The number of carbonyl (C=O) groups excluding carboxylic acids is 1. The Morgan fingerprint density at radius 3 is 2.66 bits per heavy atom. The number of pyridine rings is 1. The molecule has 1 aliphatic heterocycles. The number of para-hydroxylation sites is 1. The molecule has 0 bridgehead atoms. The van der Waals surface area contributed by atoms with E-state index in [2.05, 4.69) is 15.1 Å². The van der Waals surface area contributed by atoms with Crippen LogP contribution in [0.3, 0.4) is 0 Å². The number of amides is 1. The Balaban J connectivity index is 1.55. The van der Waals surface area contributed by atoms with Gasteiger partial charge in [0.05, 0.1) is 11.4 Å². The molecule has 0 saturated carbocycles. The lowest BCUT2D eigenvalue weighted by atomic mass is 10.1. The minimum atomic E-state index is -0.515. The van der Waals surface area contributed by atoms with E-state index < -0.39 is 5.82 Å². The molecule has 10 heteroatoms. The number of nitrogens with zero attached hydrogens (tertiary/aromatic N) is 5. The number of hydrazine groups is 1. The number of aromatic nitrogens is 3. The molecule has 2 aromatic heterocycles. The first-order valence-corrected chi connectivity index (χ1v) is 10.9. The lowest BCUT2D eigenvalue weighted by molar-refractivity contribution is -0.116. The van der Waals surface area contributed by atoms with Gasteiger partial charge in [-0.1, -0.05) is 17.3 Å². The maximum absolute atomic E-state index is 14.5. The Bertz CT molecular complexity index is 1430. The van der Waals surface area contributed by atoms with Gasteiger partial charge in [0.2, 0.25) is 11.7 Å². The van der Waals surface area contributed by atoms with Crippen molar-refractivity contribution in [1.82, 2.24) is 15.1 Å². The zero-order valence-electron chi connectivity index (χ0n) is 18.9. The summed E-state index contributed by atoms with van der Waals surface area (Å²) in [7, 11) is 0. The molecule has 1 amide bonds. The summed E-state index contributed by atoms with van der Waals surface area (Å²) in [4.78, 5) is 22.1. The molecule has 0 fully saturated rings. The van der Waals surface area contributed by atoms with Gasteiger partial charge in [-0.15, -0.1) is 0 Å². The average Bonchev–Trinajstić information content (AvgIpc) is 3.52. The SMILES string of the molecule is CC(=O)N1CCc2cc(-c3noc(/C(N)=C(\c4ccncc4)N(N)c4ccccc4F)n3)ccc21. The third kappa shape index (κ3) is 4.11. The second-order valence-electron chi connectivity index (χ2n) is 8.01. The third-order valence-corrected chi connectivity index (χ3v) is 5.83. The van der Waals surface area contributed by atoms with Crippen molar-refractivity contribution < 1.29 is 13.7 Å². The van der Waals surface area contributed by atoms with E-state index in [0.29, 0.717) is 17.9 Å². The lowest BCUT2D eigenvalue weighted by Gasteiger charge is -2.23. The van der Waals surface area contributed by atoms with Crippen molar-refractivity contribution in [2.45, 2.75) is 13.3 Å². The predicted octanol–water partition coefficient (Wildman–Crippen LogP) is 3.34. The Morgan fingerprint density at radius 1 is 1.14 bits per heavy atom. The van der Waals surface area contributed by atoms with Gasteiger partial charge in [0.25, 0.3) is 5.89 Å². The second-order valence-corrected chi connectivity index (χ2v) is 8.01. The summed E-state index contributed by atoms with van der Waals surface area (Å²) >= 11 is 0. The molecule has 0 saturated heterocycles. The van der Waals surface area contributed by atoms with Crippen molar-refractivity contribution in [3.8, 4) is 11.4 Å². The first-order valence-electron chi connectivity index (χ1n) is 10.9. The molecule has 4 N–H and O–H groups in total. The quantitative estimate of drug-likeness (QED) is 0.335. The number of halogens is 1. The van der Waals surface area contributed by atoms with Crippen LogP contribution in [0.4, 0.5) is 15.8 Å². The Kier molecular flexibility index (Phi) is 5.71. The summed E-state index contributed by atoms with van der Waals surface area (Å²) in [5.41, 5.74) is 10.2. The molecular weight excluding hydrogens is 449 g/mol. The van der Waals surface area contributed by atoms with E-state index in [-0.39, 0.29) is 28.9 Å². The van der Waals surface area contributed by atoms with Crippen molar-refractivity contribution in [2.24, 2.45) is 11.6 Å². The molecule has 4 aromatic rings. The number of carbonyl (C=O) groups is 1. The van der Waals surface area contributed by atoms with Crippen LogP contribution in [0, 0.1) is 5.82 Å². The van der Waals surface area contributed by atoms with Gasteiger partial charge in [-0.3, -0.25) is 14.8 Å². The molecule has 1 aliphatic rings. The maximum atomic E-state index is 14.5. The van der Waals surface area contributed by atoms with Gasteiger partial charge in [-0.25, -0.2) is 10.2 Å². The van der Waals surface area contributed by atoms with Crippen LogP contribution in [-0.4, -0.2) is 27.6 Å². The highest BCUT2D eigenvalue weighted by atomic mass is 19.1. The van der Waals surface area contributed by atoms with Gasteiger partial charge in [0.1, 0.15) is 11.5 Å². The smallest absolute Gasteiger partial charge is 0.276 e. The molecule has 9 nitrogen and oxygen atoms in total. The molecule has 5 rings (SSSR count). The van der Waals surface area contributed by atoms with Crippen molar-refractivity contribution in [1.29, 1.82) is 0 Å². The van der Waals surface area contributed by atoms with Gasteiger partial charge in [-0.2, -0.15) is 4.98 Å². The highest BCUT2D eigenvalue weighted by molar-refractivity contribution is 5.95. The van der Waals surface area contributed by atoms with Crippen LogP contribution in [0.2, 0.25) is 0 Å². The van der Waals surface area contributed by atoms with Crippen molar-refractivity contribution >= 4 is 28.7 Å². The first kappa shape index (κ1) is 22.2. The molecule has 3 heterocycles. The largest absolute Gasteiger partial charge is 0.392 e. The van der Waals surface area contributed by atoms with E-state index in [0.717, 1.165) is 28.2 Å². The summed E-state index contributed by atoms with van der Waals surface area (Å²) in [5.74, 6) is 6.19. The number of benzene rings is 2. The summed E-state index contributed by atoms with van der Waals surface area (Å²) in [5, 5.41) is 5.23. The fourth-order valence-corrected chi connectivity index (χ4v) is 4.12. The molecule has 0 radical (unpaired) electrons. The highest BCUT2D eigenvalue weighted by Gasteiger charge is 2.25. The molecule has 0 atom stereocenters. The summed E-state index contributed by atoms with van der Waals surface area (Å²) < 4.78 is 20.0. The molecule has 0 unspecified atom stereocenters. The number of nitrogens with two attached hydrogens (primary N) is 2. The van der Waals surface area contributed by atoms with E-state index in [1.54, 1.807) is 48.5 Å². The van der Waals surface area contributed by atoms with Gasteiger partial charge < -0.3 is 15.2 Å². The molecule has 0 aliphatic carbocycles. The Hall–Kier alpha value is -4.57. The standard InChI is InChI=1S/C25H22FN7O2/c1-15(34)32-13-10-17-14-18(6-7-20(17)32)24-30-25(35-31-24)22(27)23(16-8-11-29-12-9-16)33(28)21-5-3-2-4-19(21)26/h2-9,11-12,14H,10,13,27-28H2,1H3/b23-22-. The minimum Gasteiger partial charge on any atom is -0.392 e. The number of anilines is 2. The zero-order chi connectivity index (χ0) is 24.5. The average molecular weight is 471 g/mol. The van der Waals surface area contributed by atoms with E-state index in [9.17, 15) is 9.18 Å². The number of hydrogen-bond acceptors (Lipinski definition) is 8. The zero-order valence-corrected chi connectivity index (χ0v) is 18.9. The summed E-state index contributed by atoms with van der Waals surface area (Å²) in [6.07, 6.45) is 3.89. The van der Waals surface area contributed by atoms with Gasteiger partial charge in [0, 0.05) is 42.7 Å². The van der Waals surface area contributed by atoms with Crippen LogP contribution in [0.25, 0.3) is 22.8 Å². The molecule has 2 aromatic carbocycles. The lowest BCUT2D eigenvalue weighted by Crippen LogP contribution is -2.32. The summed E-state index contributed by atoms with van der Waals surface area (Å²) in [6, 6.07) is 15.1. The minimum absolute atomic E-state index is 0.00101. The highest BCUT2D eigenvalue weighted by Crippen LogP contribution is 2.33. The van der Waals surface area contributed by atoms with Gasteiger partial charge >= 0.3 is 0 Å². The molecular formula is C25H22FN7O2. The molecule has 35 heavy (non-hydrogen) atoms. The fourth-order valence-electron chi connectivity index (χ4n) is 4.12. The van der Waals surface area contributed by atoms with Crippen LogP contribution >= 0.6 is 0 Å². The normalized spacial score (nSPS) is 13.4. The van der Waals surface area contributed by atoms with Crippen molar-refractivity contribution in [3.63, 3.8) is 0 Å². The summed E-state index contributed by atoms with van der Waals surface area (Å²) in [6.45, 7) is 2.19. The first-order chi connectivity index (χ1) is 16.9. The fraction of sp³-hybridized carbons (Fsp3) is 0.120. The van der Waals surface area contributed by atoms with Gasteiger partial charge in [-0.05, 0) is 54.4 Å². The number of fused-ring (bicyclic) bond motifs is 1. The topological polar surface area (TPSA) is 127 Å².